The predicted molar refractivity (Wildman–Crippen MR) is 344 cm³/mol. The van der Waals surface area contributed by atoms with Crippen molar-refractivity contribution < 1.29 is 18.0 Å². The largest absolute Gasteiger partial charge is 0.370 e. The summed E-state index contributed by atoms with van der Waals surface area (Å²) in [5, 5.41) is 33.0. The molecular weight excluding hydrogens is 1090 g/mol. The molecule has 86 heavy (non-hydrogen) atoms. The first-order valence-corrected chi connectivity index (χ1v) is 31.5. The molecule has 4 aromatic carbocycles. The topological polar surface area (TPSA) is 226 Å². The number of carbonyl (C=O) groups excluding carboxylic acids is 2. The van der Waals surface area contributed by atoms with Gasteiger partial charge in [-0.25, -0.2) is 18.5 Å². The van der Waals surface area contributed by atoms with Crippen molar-refractivity contribution in [3.05, 3.63) is 163 Å². The van der Waals surface area contributed by atoms with Crippen LogP contribution in [-0.4, -0.2) is 129 Å². The van der Waals surface area contributed by atoms with Crippen molar-refractivity contribution in [2.75, 3.05) is 91.6 Å². The van der Waals surface area contributed by atoms with E-state index < -0.39 is 10.0 Å². The average Bonchev–Trinajstić information content (AvgIpc) is 1.38. The number of piperazine rings is 2. The molecule has 4 fully saturated rings. The van der Waals surface area contributed by atoms with Crippen LogP contribution in [0.2, 0.25) is 0 Å². The SMILES string of the molecule is C.Cc1ccc(N2CCC(Cc3c(C)cc(C)c(C(=O)N4CCN(c5cccnn5)[C@H](CN)C4)c3C)CC2)c(C#N)c1.Cc1ccc(N2CCC(Cc3c(C)cc(C)c(C(=O)N4CCN(c5ncccc5S(N)(=O)=O)C[C@@H]4C)c3C)CC2)c(C#N)c1. The Morgan fingerprint density at radius 2 is 1.15 bits per heavy atom. The quantitative estimate of drug-likeness (QED) is 0.116. The lowest BCUT2D eigenvalue weighted by Gasteiger charge is -2.41. The summed E-state index contributed by atoms with van der Waals surface area (Å²) >= 11 is 0. The van der Waals surface area contributed by atoms with E-state index in [-0.39, 0.29) is 36.2 Å². The van der Waals surface area contributed by atoms with E-state index in [2.05, 4.69) is 113 Å². The first kappa shape index (κ1) is 64.1. The van der Waals surface area contributed by atoms with Crippen molar-refractivity contribution in [1.29, 1.82) is 10.5 Å². The molecule has 2 amide bonds. The minimum Gasteiger partial charge on any atom is -0.370 e. The van der Waals surface area contributed by atoms with Crippen LogP contribution in [0.4, 0.5) is 23.0 Å². The molecule has 6 heterocycles. The van der Waals surface area contributed by atoms with E-state index in [1.165, 1.54) is 28.3 Å². The molecule has 0 radical (unpaired) electrons. The van der Waals surface area contributed by atoms with Gasteiger partial charge in [0, 0.05) is 102 Å². The van der Waals surface area contributed by atoms with E-state index in [1.807, 2.05) is 66.7 Å². The Balaban J connectivity index is 0.000000221. The van der Waals surface area contributed by atoms with Crippen molar-refractivity contribution in [2.24, 2.45) is 22.7 Å². The van der Waals surface area contributed by atoms with Crippen molar-refractivity contribution in [2.45, 2.75) is 125 Å². The molecule has 18 heteroatoms. The fourth-order valence-electron chi connectivity index (χ4n) is 13.7. The Morgan fingerprint density at radius 1 is 0.628 bits per heavy atom. The summed E-state index contributed by atoms with van der Waals surface area (Å²) in [6, 6.07) is 28.0. The Kier molecular flexibility index (Phi) is 20.6. The van der Waals surface area contributed by atoms with Crippen molar-refractivity contribution in [3.63, 3.8) is 0 Å². The second kappa shape index (κ2) is 27.6. The molecule has 4 saturated heterocycles. The van der Waals surface area contributed by atoms with Gasteiger partial charge in [-0.3, -0.25) is 9.59 Å². The van der Waals surface area contributed by atoms with Gasteiger partial charge in [0.2, 0.25) is 10.0 Å². The smallest absolute Gasteiger partial charge is 0.254 e. The van der Waals surface area contributed by atoms with Crippen LogP contribution < -0.4 is 30.5 Å². The van der Waals surface area contributed by atoms with Crippen LogP contribution >= 0.6 is 0 Å². The standard InChI is InChI=1S/C34H42N6O3S.C33H41N7O.CH4/c1-22-8-9-30(28(17-22)20-35)38-13-10-27(11-14-38)19-29-23(2)18-24(3)32(26(29)5)34(41)40-16-15-39(21-25(40)4)33-31(44(36,42)43)7-6-12-37-33;1-22-7-8-30(27(16-22)19-34)38-12-9-26(10-13-38)18-29-23(2)17-24(3)32(25(29)4)33(41)39-14-15-40(28(20-35)21-39)31-6-5-11-36-37-31;/h6-9,12,17-18,25,27H,10-11,13-16,19,21H2,1-5H3,(H2,36,42,43);5-8,11,16-17,26,28H,9-10,12-15,18,20-21,35H2,1-4H3;1H4/t25-;28-;/m01./s1. The number of sulfonamides is 1. The lowest BCUT2D eigenvalue weighted by atomic mass is 9.83. The van der Waals surface area contributed by atoms with Crippen LogP contribution in [0.1, 0.15) is 128 Å². The maximum Gasteiger partial charge on any atom is 0.254 e. The highest BCUT2D eigenvalue weighted by atomic mass is 32.2. The van der Waals surface area contributed by atoms with Crippen LogP contribution in [0.5, 0.6) is 0 Å². The van der Waals surface area contributed by atoms with E-state index in [1.54, 1.807) is 18.5 Å². The maximum atomic E-state index is 14.1. The fourth-order valence-corrected chi connectivity index (χ4v) is 14.4. The number of pyridine rings is 1. The van der Waals surface area contributed by atoms with E-state index in [0.29, 0.717) is 63.5 Å². The number of nitrogens with zero attached hydrogens (tertiary/aromatic N) is 11. The number of hydrogen-bond donors (Lipinski definition) is 2. The first-order valence-electron chi connectivity index (χ1n) is 30.0. The Morgan fingerprint density at radius 3 is 1.63 bits per heavy atom. The van der Waals surface area contributed by atoms with Crippen molar-refractivity contribution in [1.82, 2.24) is 25.0 Å². The fraction of sp³-hybridized carbons (Fsp3) is 0.456. The summed E-state index contributed by atoms with van der Waals surface area (Å²) in [5.41, 5.74) is 22.7. The van der Waals surface area contributed by atoms with Gasteiger partial charge in [0.1, 0.15) is 22.9 Å². The molecule has 0 aliphatic carbocycles. The molecule has 0 saturated carbocycles. The number of nitriles is 2. The summed E-state index contributed by atoms with van der Waals surface area (Å²) in [7, 11) is -3.93. The van der Waals surface area contributed by atoms with Gasteiger partial charge in [0.05, 0.1) is 28.5 Å². The highest BCUT2D eigenvalue weighted by Crippen LogP contribution is 2.36. The third-order valence-electron chi connectivity index (χ3n) is 18.3. The molecule has 4 aliphatic heterocycles. The van der Waals surface area contributed by atoms with Crippen LogP contribution in [0.3, 0.4) is 0 Å². The Bertz CT molecular complexity index is 3640. The lowest BCUT2D eigenvalue weighted by Crippen LogP contribution is -2.57. The number of anilines is 4. The number of aromatic nitrogens is 3. The van der Waals surface area contributed by atoms with E-state index in [0.717, 1.165) is 138 Å². The van der Waals surface area contributed by atoms with Crippen molar-refractivity contribution in [3.8, 4) is 12.1 Å². The number of rotatable bonds is 12. The normalized spacial score (nSPS) is 17.7. The van der Waals surface area contributed by atoms with Gasteiger partial charge in [-0.2, -0.15) is 15.6 Å². The third kappa shape index (κ3) is 14.0. The summed E-state index contributed by atoms with van der Waals surface area (Å²) in [5.74, 6) is 2.28. The predicted octanol–water partition coefficient (Wildman–Crippen LogP) is 9.61. The number of aryl methyl sites for hydroxylation is 6. The zero-order valence-electron chi connectivity index (χ0n) is 51.0. The summed E-state index contributed by atoms with van der Waals surface area (Å²) in [4.78, 5) is 45.0. The van der Waals surface area contributed by atoms with Gasteiger partial charge in [0.15, 0.2) is 5.82 Å². The molecule has 0 bridgehead atoms. The number of primary sulfonamides is 1. The molecule has 4 aliphatic rings. The van der Waals surface area contributed by atoms with Crippen LogP contribution in [0.25, 0.3) is 0 Å². The minimum atomic E-state index is -3.93. The number of carbonyl (C=O) groups is 2. The molecule has 0 spiro atoms. The van der Waals surface area contributed by atoms with Gasteiger partial charge in [-0.1, -0.05) is 31.7 Å². The summed E-state index contributed by atoms with van der Waals surface area (Å²) in [6.45, 7) is 26.0. The van der Waals surface area contributed by atoms with Gasteiger partial charge >= 0.3 is 0 Å². The molecule has 0 unspecified atom stereocenters. The zero-order valence-corrected chi connectivity index (χ0v) is 51.8. The third-order valence-corrected chi connectivity index (χ3v) is 19.2. The highest BCUT2D eigenvalue weighted by molar-refractivity contribution is 7.89. The Labute approximate surface area is 510 Å². The molecule has 4 N–H and O–H groups in total. The summed E-state index contributed by atoms with van der Waals surface area (Å²) in [6.07, 6.45) is 9.31. The number of nitrogens with two attached hydrogens (primary N) is 2. The van der Waals surface area contributed by atoms with Gasteiger partial charge in [-0.15, -0.1) is 5.10 Å². The number of benzene rings is 4. The van der Waals surface area contributed by atoms with Crippen LogP contribution in [-0.2, 0) is 22.9 Å². The molecule has 10 rings (SSSR count). The van der Waals surface area contributed by atoms with Crippen LogP contribution in [0.15, 0.2) is 90.1 Å². The molecule has 6 aromatic rings. The Hall–Kier alpha value is -7.90. The maximum absolute atomic E-state index is 14.1. The monoisotopic (exact) mass is 1180 g/mol. The van der Waals surface area contributed by atoms with Crippen LogP contribution in [0, 0.1) is 89.9 Å². The number of hydrogen-bond acceptors (Lipinski definition) is 14. The zero-order chi connectivity index (χ0) is 60.9. The molecule has 17 nitrogen and oxygen atoms in total. The molecule has 2 atom stereocenters. The van der Waals surface area contributed by atoms with Gasteiger partial charge < -0.3 is 35.1 Å². The second-order valence-electron chi connectivity index (χ2n) is 24.1. The molecule has 454 valence electrons. The number of amides is 2. The minimum absolute atomic E-state index is 0. The van der Waals surface area contributed by atoms with E-state index in [4.69, 9.17) is 10.9 Å². The van der Waals surface area contributed by atoms with E-state index in [9.17, 15) is 28.5 Å². The van der Waals surface area contributed by atoms with E-state index >= 15 is 0 Å². The van der Waals surface area contributed by atoms with Crippen molar-refractivity contribution >= 4 is 44.8 Å². The average molecular weight is 1180 g/mol. The molecular formula is C68H87N13O4S. The van der Waals surface area contributed by atoms with Gasteiger partial charge in [0.25, 0.3) is 11.8 Å². The lowest BCUT2D eigenvalue weighted by molar-refractivity contribution is 0.0670. The highest BCUT2D eigenvalue weighted by Gasteiger charge is 2.35. The second-order valence-corrected chi connectivity index (χ2v) is 25.6. The first-order chi connectivity index (χ1) is 40.7. The summed E-state index contributed by atoms with van der Waals surface area (Å²) < 4.78 is 24.3. The molecule has 2 aromatic heterocycles. The number of piperidine rings is 2. The van der Waals surface area contributed by atoms with Gasteiger partial charge in [-0.05, 0) is 217 Å².